The molecule has 0 amide bonds. The number of likely N-dealkylation sites (tertiary alicyclic amines) is 1. The SMILES string of the molecule is COc1c(F)cc(C(C)C)cc1[C@@H](C(=O)O)N1CC[C@@H](N(CCCCCc2ccc3c(n2)NCCC3)CC(C)C)C1. The lowest BCUT2D eigenvalue weighted by Gasteiger charge is -2.32. The van der Waals surface area contributed by atoms with Gasteiger partial charge >= 0.3 is 5.97 Å². The molecule has 0 aliphatic carbocycles. The topological polar surface area (TPSA) is 77.9 Å². The number of carbonyl (C=O) groups is 1. The minimum atomic E-state index is -0.967. The molecular weight excluding hydrogens is 519 g/mol. The lowest BCUT2D eigenvalue weighted by Crippen LogP contribution is -2.42. The fourth-order valence-corrected chi connectivity index (χ4v) is 6.37. The minimum Gasteiger partial charge on any atom is -0.493 e. The Morgan fingerprint density at radius 1 is 1.22 bits per heavy atom. The zero-order chi connectivity index (χ0) is 29.5. The standard InChI is InChI=1S/C33H49FN4O3/c1-22(2)20-37(16-8-6-7-11-26-13-12-24-10-9-15-35-32(24)36-26)27-14-17-38(21-27)30(33(39)40)28-18-25(23(3)4)19-29(34)31(28)41-5/h12-13,18-19,22-23,27,30H,6-11,14-17,20-21H2,1-5H3,(H,35,36)(H,39,40)/t27-,30+/m1/s1. The number of rotatable bonds is 14. The molecule has 4 rings (SSSR count). The van der Waals surface area contributed by atoms with Crippen molar-refractivity contribution in [2.75, 3.05) is 45.2 Å². The van der Waals surface area contributed by atoms with Gasteiger partial charge in [-0.2, -0.15) is 0 Å². The van der Waals surface area contributed by atoms with Crippen molar-refractivity contribution >= 4 is 11.8 Å². The molecule has 0 saturated carbocycles. The second kappa shape index (κ2) is 14.5. The van der Waals surface area contributed by atoms with E-state index in [-0.39, 0.29) is 17.7 Å². The molecule has 7 nitrogen and oxygen atoms in total. The maximum Gasteiger partial charge on any atom is 0.325 e. The normalized spacial score (nSPS) is 18.1. The van der Waals surface area contributed by atoms with Crippen LogP contribution in [-0.4, -0.2) is 71.7 Å². The number of ether oxygens (including phenoxy) is 1. The van der Waals surface area contributed by atoms with E-state index in [0.717, 1.165) is 75.2 Å². The second-order valence-corrected chi connectivity index (χ2v) is 12.5. The molecule has 0 unspecified atom stereocenters. The van der Waals surface area contributed by atoms with Crippen molar-refractivity contribution in [1.82, 2.24) is 14.8 Å². The molecule has 226 valence electrons. The van der Waals surface area contributed by atoms with Crippen LogP contribution in [0, 0.1) is 11.7 Å². The van der Waals surface area contributed by atoms with Crippen LogP contribution in [0.4, 0.5) is 10.2 Å². The number of nitrogens with one attached hydrogen (secondary N) is 1. The van der Waals surface area contributed by atoms with Gasteiger partial charge in [0.1, 0.15) is 11.9 Å². The quantitative estimate of drug-likeness (QED) is 0.260. The number of carboxylic acid groups (broad SMARTS) is 1. The summed E-state index contributed by atoms with van der Waals surface area (Å²) < 4.78 is 20.3. The van der Waals surface area contributed by atoms with Crippen LogP contribution in [0.1, 0.15) is 94.1 Å². The van der Waals surface area contributed by atoms with Crippen molar-refractivity contribution in [1.29, 1.82) is 0 Å². The molecule has 41 heavy (non-hydrogen) atoms. The van der Waals surface area contributed by atoms with Crippen LogP contribution in [0.25, 0.3) is 0 Å². The lowest BCUT2D eigenvalue weighted by atomic mass is 9.95. The molecular formula is C33H49FN4O3. The molecule has 0 bridgehead atoms. The molecule has 0 spiro atoms. The molecule has 2 aliphatic heterocycles. The van der Waals surface area contributed by atoms with Crippen LogP contribution >= 0.6 is 0 Å². The second-order valence-electron chi connectivity index (χ2n) is 12.5. The van der Waals surface area contributed by atoms with Crippen molar-refractivity contribution in [3.63, 3.8) is 0 Å². The van der Waals surface area contributed by atoms with Crippen LogP contribution in [0.3, 0.4) is 0 Å². The van der Waals surface area contributed by atoms with Crippen LogP contribution in [0.5, 0.6) is 5.75 Å². The largest absolute Gasteiger partial charge is 0.493 e. The molecule has 8 heteroatoms. The third kappa shape index (κ3) is 7.98. The summed E-state index contributed by atoms with van der Waals surface area (Å²) in [5.41, 5.74) is 3.68. The molecule has 2 aliphatic rings. The van der Waals surface area contributed by atoms with Gasteiger partial charge in [-0.3, -0.25) is 14.6 Å². The number of benzene rings is 1. The van der Waals surface area contributed by atoms with Crippen LogP contribution in [0.2, 0.25) is 0 Å². The maximum atomic E-state index is 15.0. The number of hydrogen-bond donors (Lipinski definition) is 2. The van der Waals surface area contributed by atoms with Crippen molar-refractivity contribution in [2.45, 2.75) is 90.6 Å². The Balaban J connectivity index is 1.37. The van der Waals surface area contributed by atoms with Crippen molar-refractivity contribution in [3.8, 4) is 5.75 Å². The van der Waals surface area contributed by atoms with Gasteiger partial charge in [-0.25, -0.2) is 9.37 Å². The van der Waals surface area contributed by atoms with Crippen LogP contribution in [0.15, 0.2) is 24.3 Å². The maximum absolute atomic E-state index is 15.0. The van der Waals surface area contributed by atoms with E-state index >= 15 is 0 Å². The summed E-state index contributed by atoms with van der Waals surface area (Å²) in [6.45, 7) is 12.7. The molecule has 1 aromatic heterocycles. The number of methoxy groups -OCH3 is 1. The van der Waals surface area contributed by atoms with Crippen molar-refractivity contribution in [3.05, 3.63) is 52.5 Å². The summed E-state index contributed by atoms with van der Waals surface area (Å²) in [6.07, 6.45) is 7.52. The first-order valence-electron chi connectivity index (χ1n) is 15.5. The molecule has 2 N–H and O–H groups in total. The average Bonchev–Trinajstić information content (AvgIpc) is 3.41. The number of pyridine rings is 1. The molecule has 0 radical (unpaired) electrons. The molecule has 3 heterocycles. The van der Waals surface area contributed by atoms with Gasteiger partial charge in [0.05, 0.1) is 7.11 Å². The first-order valence-corrected chi connectivity index (χ1v) is 15.5. The zero-order valence-electron chi connectivity index (χ0n) is 25.6. The summed E-state index contributed by atoms with van der Waals surface area (Å²) in [6, 6.07) is 7.02. The summed E-state index contributed by atoms with van der Waals surface area (Å²) in [5.74, 6) is 0.233. The third-order valence-corrected chi connectivity index (χ3v) is 8.50. The van der Waals surface area contributed by atoms with E-state index in [2.05, 4.69) is 36.2 Å². The van der Waals surface area contributed by atoms with E-state index in [9.17, 15) is 14.3 Å². The Kier molecular flexibility index (Phi) is 11.0. The third-order valence-electron chi connectivity index (χ3n) is 8.50. The molecule has 1 fully saturated rings. The molecule has 1 aromatic carbocycles. The van der Waals surface area contributed by atoms with Gasteiger partial charge in [0.2, 0.25) is 0 Å². The number of halogens is 1. The van der Waals surface area contributed by atoms with Gasteiger partial charge in [-0.05, 0) is 86.2 Å². The molecule has 1 saturated heterocycles. The highest BCUT2D eigenvalue weighted by Crippen LogP contribution is 2.37. The number of nitrogens with zero attached hydrogens (tertiary/aromatic N) is 3. The van der Waals surface area contributed by atoms with Crippen molar-refractivity contribution in [2.24, 2.45) is 5.92 Å². The van der Waals surface area contributed by atoms with E-state index in [1.165, 1.54) is 25.2 Å². The summed E-state index contributed by atoms with van der Waals surface area (Å²) in [5, 5.41) is 13.7. The van der Waals surface area contributed by atoms with E-state index in [1.54, 1.807) is 0 Å². The number of aromatic nitrogens is 1. The highest BCUT2D eigenvalue weighted by atomic mass is 19.1. The van der Waals surface area contributed by atoms with Gasteiger partial charge in [-0.1, -0.05) is 40.2 Å². The van der Waals surface area contributed by atoms with E-state index in [0.29, 0.717) is 24.6 Å². The number of anilines is 1. The van der Waals surface area contributed by atoms with Gasteiger partial charge in [0.25, 0.3) is 0 Å². The first-order chi connectivity index (χ1) is 19.7. The number of aryl methyl sites for hydroxylation is 2. The van der Waals surface area contributed by atoms with Crippen LogP contribution in [-0.2, 0) is 17.6 Å². The Labute approximate surface area is 245 Å². The summed E-state index contributed by atoms with van der Waals surface area (Å²) >= 11 is 0. The average molecular weight is 569 g/mol. The van der Waals surface area contributed by atoms with Gasteiger partial charge < -0.3 is 15.2 Å². The zero-order valence-corrected chi connectivity index (χ0v) is 25.6. The lowest BCUT2D eigenvalue weighted by molar-refractivity contribution is -0.143. The smallest absolute Gasteiger partial charge is 0.325 e. The van der Waals surface area contributed by atoms with Gasteiger partial charge in [-0.15, -0.1) is 0 Å². The minimum absolute atomic E-state index is 0.0356. The summed E-state index contributed by atoms with van der Waals surface area (Å²) in [4.78, 5) is 22.0. The van der Waals surface area contributed by atoms with Gasteiger partial charge in [0.15, 0.2) is 11.6 Å². The fourth-order valence-electron chi connectivity index (χ4n) is 6.37. The monoisotopic (exact) mass is 568 g/mol. The van der Waals surface area contributed by atoms with Gasteiger partial charge in [0, 0.05) is 43.5 Å². The number of aliphatic carboxylic acids is 1. The number of fused-ring (bicyclic) bond motifs is 1. The first kappa shape index (κ1) is 31.2. The number of carboxylic acids is 1. The highest BCUT2D eigenvalue weighted by Gasteiger charge is 2.38. The number of unbranched alkanes of at least 4 members (excludes halogenated alkanes) is 2. The van der Waals surface area contributed by atoms with Crippen molar-refractivity contribution < 1.29 is 19.0 Å². The van der Waals surface area contributed by atoms with E-state index in [1.807, 2.05) is 24.8 Å². The molecule has 2 aromatic rings. The van der Waals surface area contributed by atoms with Crippen LogP contribution < -0.4 is 10.1 Å². The predicted octanol–water partition coefficient (Wildman–Crippen LogP) is 6.28. The Morgan fingerprint density at radius 3 is 2.73 bits per heavy atom. The predicted molar refractivity (Wildman–Crippen MR) is 162 cm³/mol. The Hall–Kier alpha value is -2.71. The molecule has 2 atom stereocenters. The number of hydrogen-bond acceptors (Lipinski definition) is 6. The Morgan fingerprint density at radius 2 is 2.02 bits per heavy atom. The Bertz CT molecular complexity index is 1170. The highest BCUT2D eigenvalue weighted by molar-refractivity contribution is 5.77. The fraction of sp³-hybridized carbons (Fsp3) is 0.636. The summed E-state index contributed by atoms with van der Waals surface area (Å²) in [7, 11) is 1.41. The van der Waals surface area contributed by atoms with E-state index < -0.39 is 17.8 Å². The van der Waals surface area contributed by atoms with E-state index in [4.69, 9.17) is 9.72 Å².